The van der Waals surface area contributed by atoms with E-state index in [9.17, 15) is 23.1 Å². The largest absolute Gasteiger partial charge is 0.573 e. The van der Waals surface area contributed by atoms with Gasteiger partial charge in [0.1, 0.15) is 18.1 Å². The van der Waals surface area contributed by atoms with E-state index in [0.29, 0.717) is 23.1 Å². The summed E-state index contributed by atoms with van der Waals surface area (Å²) in [5, 5.41) is 15.5. The molecule has 0 aromatic heterocycles. The van der Waals surface area contributed by atoms with Crippen molar-refractivity contribution in [1.82, 2.24) is 0 Å². The molecule has 2 aromatic carbocycles. The second-order valence-electron chi connectivity index (χ2n) is 5.67. The molecule has 26 heavy (non-hydrogen) atoms. The highest BCUT2D eigenvalue weighted by atomic mass is 19.4. The Morgan fingerprint density at radius 3 is 2.50 bits per heavy atom. The van der Waals surface area contributed by atoms with E-state index < -0.39 is 12.4 Å². The van der Waals surface area contributed by atoms with E-state index >= 15 is 0 Å². The van der Waals surface area contributed by atoms with E-state index in [4.69, 9.17) is 0 Å². The third kappa shape index (κ3) is 3.49. The first-order valence-corrected chi connectivity index (χ1v) is 7.83. The van der Waals surface area contributed by atoms with Crippen LogP contribution in [-0.2, 0) is 11.2 Å². The number of aliphatic hydroxyl groups is 1. The van der Waals surface area contributed by atoms with Crippen LogP contribution < -0.4 is 9.75 Å². The van der Waals surface area contributed by atoms with Crippen molar-refractivity contribution in [2.45, 2.75) is 25.7 Å². The number of rotatable bonds is 4. The van der Waals surface area contributed by atoms with Crippen LogP contribution in [0.5, 0.6) is 5.75 Å². The number of aldehydes is 1. The average molecular weight is 364 g/mol. The molecular weight excluding hydrogens is 349 g/mol. The zero-order valence-corrected chi connectivity index (χ0v) is 13.7. The molecule has 8 heteroatoms. The first-order valence-electron chi connectivity index (χ1n) is 7.83. The summed E-state index contributed by atoms with van der Waals surface area (Å²) < 4.78 is 40.6. The fourth-order valence-electron chi connectivity index (χ4n) is 2.78. The van der Waals surface area contributed by atoms with E-state index in [0.717, 1.165) is 24.1 Å². The minimum absolute atomic E-state index is 0.267. The van der Waals surface area contributed by atoms with Crippen molar-refractivity contribution in [3.8, 4) is 5.75 Å². The summed E-state index contributed by atoms with van der Waals surface area (Å²) >= 11 is 0. The van der Waals surface area contributed by atoms with Gasteiger partial charge in [-0.05, 0) is 47.9 Å². The molecule has 0 fully saturated rings. The molecule has 1 unspecified atom stereocenters. The second kappa shape index (κ2) is 6.70. The van der Waals surface area contributed by atoms with Crippen molar-refractivity contribution in [3.05, 3.63) is 59.2 Å². The Kier molecular flexibility index (Phi) is 4.58. The highest BCUT2D eigenvalue weighted by molar-refractivity contribution is 5.98. The molecule has 1 aliphatic heterocycles. The van der Waals surface area contributed by atoms with Crippen LogP contribution in [0.15, 0.2) is 47.6 Å². The molecule has 0 bridgehead atoms. The van der Waals surface area contributed by atoms with Crippen molar-refractivity contribution in [1.29, 1.82) is 0 Å². The maximum absolute atomic E-state index is 12.3. The third-order valence-corrected chi connectivity index (χ3v) is 4.01. The molecule has 2 aromatic rings. The zero-order chi connectivity index (χ0) is 18.9. The van der Waals surface area contributed by atoms with Crippen LogP contribution >= 0.6 is 0 Å². The van der Waals surface area contributed by atoms with E-state index in [1.54, 1.807) is 6.07 Å². The molecule has 136 valence electrons. The van der Waals surface area contributed by atoms with E-state index in [-0.39, 0.29) is 11.6 Å². The number of carbonyl (C=O) groups is 1. The van der Waals surface area contributed by atoms with Gasteiger partial charge < -0.3 is 14.6 Å². The van der Waals surface area contributed by atoms with Gasteiger partial charge in [0.25, 0.3) is 0 Å². The zero-order valence-electron chi connectivity index (χ0n) is 13.7. The number of aliphatic hydroxyl groups excluding tert-OH is 1. The molecule has 0 aliphatic carbocycles. The van der Waals surface area contributed by atoms with Crippen LogP contribution in [0.25, 0.3) is 0 Å². The Bertz CT molecular complexity index is 848. The molecule has 1 N–H and O–H groups in total. The monoisotopic (exact) mass is 364 g/mol. The van der Waals surface area contributed by atoms with Crippen LogP contribution in [0.4, 0.5) is 18.9 Å². The number of halogens is 3. The molecule has 1 aliphatic rings. The highest BCUT2D eigenvalue weighted by Gasteiger charge is 2.32. The quantitative estimate of drug-likeness (QED) is 0.829. The van der Waals surface area contributed by atoms with E-state index in [1.807, 2.05) is 19.1 Å². The summed E-state index contributed by atoms with van der Waals surface area (Å²) in [6, 6.07) is 9.46. The SMILES string of the molecule is CCc1ccc2c(c1)C(C=O)N(c1ccc(OC(F)(F)F)cc1)N=C2O. The highest BCUT2D eigenvalue weighted by Crippen LogP contribution is 2.34. The summed E-state index contributed by atoms with van der Waals surface area (Å²) in [5.41, 5.74) is 2.37. The van der Waals surface area contributed by atoms with Gasteiger partial charge in [-0.25, -0.2) is 5.01 Å². The normalized spacial score (nSPS) is 16.7. The van der Waals surface area contributed by atoms with Gasteiger partial charge in [0.15, 0.2) is 0 Å². The van der Waals surface area contributed by atoms with Gasteiger partial charge in [-0.1, -0.05) is 19.1 Å². The molecule has 0 saturated heterocycles. The Labute approximate surface area is 147 Å². The summed E-state index contributed by atoms with van der Waals surface area (Å²) in [6.45, 7) is 1.96. The summed E-state index contributed by atoms with van der Waals surface area (Å²) in [7, 11) is 0. The van der Waals surface area contributed by atoms with Crippen LogP contribution in [-0.4, -0.2) is 23.7 Å². The number of hydrogen-bond acceptors (Lipinski definition) is 4. The molecule has 1 heterocycles. The number of ether oxygens (including phenoxy) is 1. The first kappa shape index (κ1) is 17.8. The van der Waals surface area contributed by atoms with Crippen molar-refractivity contribution >= 4 is 17.9 Å². The van der Waals surface area contributed by atoms with E-state index in [1.165, 1.54) is 17.1 Å². The molecule has 0 amide bonds. The fourth-order valence-corrected chi connectivity index (χ4v) is 2.78. The van der Waals surface area contributed by atoms with E-state index in [2.05, 4.69) is 9.84 Å². The molecule has 3 rings (SSSR count). The van der Waals surface area contributed by atoms with Crippen LogP contribution in [0.3, 0.4) is 0 Å². The van der Waals surface area contributed by atoms with Gasteiger partial charge >= 0.3 is 6.36 Å². The lowest BCUT2D eigenvalue weighted by Gasteiger charge is -2.31. The molecule has 0 saturated carbocycles. The second-order valence-corrected chi connectivity index (χ2v) is 5.67. The lowest BCUT2D eigenvalue weighted by Crippen LogP contribution is -2.32. The van der Waals surface area contributed by atoms with Crippen LogP contribution in [0.1, 0.15) is 29.7 Å². The molecule has 0 spiro atoms. The number of hydrogen-bond donors (Lipinski definition) is 1. The van der Waals surface area contributed by atoms with Crippen molar-refractivity contribution < 1.29 is 27.8 Å². The van der Waals surface area contributed by atoms with Crippen LogP contribution in [0, 0.1) is 0 Å². The van der Waals surface area contributed by atoms with Crippen molar-refractivity contribution in [3.63, 3.8) is 0 Å². The molecule has 1 atom stereocenters. The number of fused-ring (bicyclic) bond motifs is 1. The lowest BCUT2D eigenvalue weighted by atomic mass is 9.95. The first-order chi connectivity index (χ1) is 12.3. The topological polar surface area (TPSA) is 62.1 Å². The van der Waals surface area contributed by atoms with Gasteiger partial charge in [-0.3, -0.25) is 0 Å². The number of nitrogens with zero attached hydrogens (tertiary/aromatic N) is 2. The van der Waals surface area contributed by atoms with Crippen LogP contribution in [0.2, 0.25) is 0 Å². The van der Waals surface area contributed by atoms with Gasteiger partial charge in [0.05, 0.1) is 5.69 Å². The molecule has 5 nitrogen and oxygen atoms in total. The van der Waals surface area contributed by atoms with Gasteiger partial charge in [0, 0.05) is 5.56 Å². The average Bonchev–Trinajstić information content (AvgIpc) is 2.60. The van der Waals surface area contributed by atoms with Crippen molar-refractivity contribution in [2.24, 2.45) is 5.10 Å². The number of aryl methyl sites for hydroxylation is 1. The summed E-state index contributed by atoms with van der Waals surface area (Å²) in [6.07, 6.45) is -3.36. The van der Waals surface area contributed by atoms with Gasteiger partial charge in [-0.2, -0.15) is 0 Å². The maximum Gasteiger partial charge on any atom is 0.573 e. The summed E-state index contributed by atoms with van der Waals surface area (Å²) in [5.74, 6) is -0.654. The Morgan fingerprint density at radius 2 is 1.92 bits per heavy atom. The number of hydrazone groups is 1. The molecule has 0 radical (unpaired) electrons. The minimum Gasteiger partial charge on any atom is -0.492 e. The molecular formula is C18H15F3N2O3. The number of carbonyl (C=O) groups excluding carboxylic acids is 1. The number of benzene rings is 2. The predicted molar refractivity (Wildman–Crippen MR) is 89.4 cm³/mol. The number of anilines is 1. The number of alkyl halides is 3. The predicted octanol–water partition coefficient (Wildman–Crippen LogP) is 4.13. The fraction of sp³-hybridized carbons (Fsp3) is 0.222. The lowest BCUT2D eigenvalue weighted by molar-refractivity contribution is -0.274. The maximum atomic E-state index is 12.3. The standard InChI is InChI=1S/C18H15F3N2O3/c1-2-11-3-8-14-15(9-11)16(10-24)23(22-17(14)25)12-4-6-13(7-5-12)26-18(19,20)21/h3-10,16H,2H2,1H3,(H,22,25). The van der Waals surface area contributed by atoms with Gasteiger partial charge in [0.2, 0.25) is 5.90 Å². The smallest absolute Gasteiger partial charge is 0.492 e. The van der Waals surface area contributed by atoms with Crippen molar-refractivity contribution in [2.75, 3.05) is 5.01 Å². The minimum atomic E-state index is -4.79. The third-order valence-electron chi connectivity index (χ3n) is 4.01. The Balaban J connectivity index is 1.97. The Hall–Kier alpha value is -3.03. The van der Waals surface area contributed by atoms with Gasteiger partial charge in [-0.15, -0.1) is 18.3 Å². The summed E-state index contributed by atoms with van der Waals surface area (Å²) in [4.78, 5) is 11.7. The Morgan fingerprint density at radius 1 is 1.23 bits per heavy atom.